The molecule has 0 saturated heterocycles. The van der Waals surface area contributed by atoms with E-state index in [1.807, 2.05) is 30.3 Å². The minimum atomic E-state index is -0.255. The summed E-state index contributed by atoms with van der Waals surface area (Å²) in [5, 5.41) is 9.42. The molecule has 0 bridgehead atoms. The largest absolute Gasteiger partial charge is 0.331 e. The third-order valence-corrected chi connectivity index (χ3v) is 4.99. The number of amides is 3. The van der Waals surface area contributed by atoms with Gasteiger partial charge in [-0.25, -0.2) is 4.79 Å². The normalized spacial score (nSPS) is 18.1. The molecule has 25 heavy (non-hydrogen) atoms. The highest BCUT2D eigenvalue weighted by Gasteiger charge is 2.24. The van der Waals surface area contributed by atoms with E-state index in [-0.39, 0.29) is 18.0 Å². The van der Waals surface area contributed by atoms with Crippen LogP contribution in [0.3, 0.4) is 0 Å². The van der Waals surface area contributed by atoms with Gasteiger partial charge in [0.15, 0.2) is 0 Å². The number of hydrogen-bond acceptors (Lipinski definition) is 2. The van der Waals surface area contributed by atoms with E-state index in [2.05, 4.69) is 16.0 Å². The van der Waals surface area contributed by atoms with Crippen LogP contribution in [0.1, 0.15) is 35.6 Å². The topological polar surface area (TPSA) is 70.2 Å². The maximum Gasteiger partial charge on any atom is 0.319 e. The Bertz CT molecular complexity index is 866. The van der Waals surface area contributed by atoms with Crippen LogP contribution in [0, 0.1) is 0 Å². The number of urea groups is 1. The zero-order chi connectivity index (χ0) is 17.4. The second-order valence-electron chi connectivity index (χ2n) is 6.45. The summed E-state index contributed by atoms with van der Waals surface area (Å²) in [7, 11) is 0. The monoisotopic (exact) mass is 355 g/mol. The second kappa shape index (κ2) is 6.41. The fourth-order valence-corrected chi connectivity index (χ4v) is 3.71. The molecule has 0 unspecified atom stereocenters. The van der Waals surface area contributed by atoms with E-state index in [9.17, 15) is 9.59 Å². The summed E-state index contributed by atoms with van der Waals surface area (Å²) in [5.41, 5.74) is 4.83. The summed E-state index contributed by atoms with van der Waals surface area (Å²) in [6, 6.07) is 11.1. The third kappa shape index (κ3) is 3.33. The zero-order valence-electron chi connectivity index (χ0n) is 13.6. The van der Waals surface area contributed by atoms with Gasteiger partial charge < -0.3 is 16.0 Å². The molecule has 0 saturated carbocycles. The highest BCUT2D eigenvalue weighted by Crippen LogP contribution is 2.33. The van der Waals surface area contributed by atoms with Crippen LogP contribution in [-0.2, 0) is 17.6 Å². The first-order valence-corrected chi connectivity index (χ1v) is 8.75. The Labute approximate surface area is 150 Å². The van der Waals surface area contributed by atoms with Gasteiger partial charge >= 0.3 is 6.03 Å². The molecule has 2 aliphatic rings. The maximum absolute atomic E-state index is 12.3. The van der Waals surface area contributed by atoms with Crippen molar-refractivity contribution in [2.45, 2.75) is 31.7 Å². The number of hydrogen-bond donors (Lipinski definition) is 3. The van der Waals surface area contributed by atoms with Gasteiger partial charge in [0.2, 0.25) is 5.91 Å². The first-order chi connectivity index (χ1) is 12.1. The Kier molecular flexibility index (Phi) is 4.09. The van der Waals surface area contributed by atoms with E-state index in [1.54, 1.807) is 6.07 Å². The van der Waals surface area contributed by atoms with Crippen molar-refractivity contribution in [2.75, 3.05) is 10.6 Å². The van der Waals surface area contributed by atoms with E-state index in [1.165, 1.54) is 5.56 Å². The lowest BCUT2D eigenvalue weighted by Gasteiger charge is -2.19. The van der Waals surface area contributed by atoms with Gasteiger partial charge in [-0.3, -0.25) is 4.79 Å². The van der Waals surface area contributed by atoms with Crippen LogP contribution in [0.5, 0.6) is 0 Å². The molecular formula is C19H18ClN3O2. The molecule has 2 aromatic carbocycles. The van der Waals surface area contributed by atoms with E-state index >= 15 is 0 Å². The van der Waals surface area contributed by atoms with Crippen LogP contribution in [0.4, 0.5) is 16.2 Å². The molecule has 1 heterocycles. The number of halogens is 1. The van der Waals surface area contributed by atoms with Crippen molar-refractivity contribution in [3.63, 3.8) is 0 Å². The van der Waals surface area contributed by atoms with Gasteiger partial charge in [0.25, 0.3) is 0 Å². The quantitative estimate of drug-likeness (QED) is 0.761. The number of nitrogens with one attached hydrogen (secondary N) is 3. The molecule has 3 N–H and O–H groups in total. The molecular weight excluding hydrogens is 338 g/mol. The molecule has 1 aliphatic carbocycles. The van der Waals surface area contributed by atoms with Crippen molar-refractivity contribution < 1.29 is 9.59 Å². The number of carbonyl (C=O) groups excluding carboxylic acids is 2. The average Bonchev–Trinajstić information content (AvgIpc) is 2.96. The van der Waals surface area contributed by atoms with Crippen LogP contribution in [-0.4, -0.2) is 11.9 Å². The van der Waals surface area contributed by atoms with Crippen LogP contribution in [0.25, 0.3) is 0 Å². The summed E-state index contributed by atoms with van der Waals surface area (Å²) in [6.07, 6.45) is 3.01. The molecule has 4 rings (SSSR count). The van der Waals surface area contributed by atoms with Gasteiger partial charge in [-0.2, -0.15) is 0 Å². The van der Waals surface area contributed by atoms with E-state index in [0.717, 1.165) is 41.1 Å². The van der Waals surface area contributed by atoms with Gasteiger partial charge in [0.05, 0.1) is 6.04 Å². The summed E-state index contributed by atoms with van der Waals surface area (Å²) >= 11 is 6.02. The van der Waals surface area contributed by atoms with Crippen LogP contribution < -0.4 is 16.0 Å². The Morgan fingerprint density at radius 2 is 1.96 bits per heavy atom. The molecule has 0 aromatic heterocycles. The summed E-state index contributed by atoms with van der Waals surface area (Å²) in [4.78, 5) is 23.9. The summed E-state index contributed by atoms with van der Waals surface area (Å²) in [5.74, 6) is 0.00956. The SMILES string of the molecule is O=C1CCc2ccc(NC(=O)N[C@@H]3CCc4cc(Cl)ccc43)cc2N1. The molecule has 2 aromatic rings. The van der Waals surface area contributed by atoms with Crippen LogP contribution in [0.2, 0.25) is 5.02 Å². The predicted molar refractivity (Wildman–Crippen MR) is 98.1 cm³/mol. The Balaban J connectivity index is 1.44. The molecule has 0 spiro atoms. The highest BCUT2D eigenvalue weighted by molar-refractivity contribution is 6.30. The Hall–Kier alpha value is -2.53. The molecule has 0 radical (unpaired) electrons. The number of carbonyl (C=O) groups is 2. The van der Waals surface area contributed by atoms with Crippen molar-refractivity contribution >= 4 is 34.9 Å². The van der Waals surface area contributed by atoms with Crippen molar-refractivity contribution in [2.24, 2.45) is 0 Å². The fourth-order valence-electron chi connectivity index (χ4n) is 3.51. The lowest BCUT2D eigenvalue weighted by molar-refractivity contribution is -0.116. The molecule has 1 aliphatic heterocycles. The number of anilines is 2. The van der Waals surface area contributed by atoms with E-state index < -0.39 is 0 Å². The Morgan fingerprint density at radius 3 is 2.84 bits per heavy atom. The predicted octanol–water partition coefficient (Wildman–Crippen LogP) is 4.03. The van der Waals surface area contributed by atoms with Gasteiger partial charge in [-0.05, 0) is 60.2 Å². The maximum atomic E-state index is 12.3. The van der Waals surface area contributed by atoms with Crippen LogP contribution >= 0.6 is 11.6 Å². The molecule has 5 nitrogen and oxygen atoms in total. The molecule has 128 valence electrons. The first kappa shape index (κ1) is 16.0. The van der Waals surface area contributed by atoms with Gasteiger partial charge in [-0.15, -0.1) is 0 Å². The summed E-state index contributed by atoms with van der Waals surface area (Å²) < 4.78 is 0. The lowest BCUT2D eigenvalue weighted by atomic mass is 10.0. The minimum Gasteiger partial charge on any atom is -0.331 e. The number of fused-ring (bicyclic) bond motifs is 2. The number of rotatable bonds is 2. The van der Waals surface area contributed by atoms with Crippen molar-refractivity contribution in [3.8, 4) is 0 Å². The fraction of sp³-hybridized carbons (Fsp3) is 0.263. The minimum absolute atomic E-state index is 0.00956. The van der Waals surface area contributed by atoms with Gasteiger partial charge in [0.1, 0.15) is 0 Å². The van der Waals surface area contributed by atoms with Gasteiger partial charge in [-0.1, -0.05) is 23.7 Å². The lowest BCUT2D eigenvalue weighted by Crippen LogP contribution is -2.31. The summed E-state index contributed by atoms with van der Waals surface area (Å²) in [6.45, 7) is 0. The van der Waals surface area contributed by atoms with Gasteiger partial charge in [0, 0.05) is 22.8 Å². The number of benzene rings is 2. The molecule has 3 amide bonds. The highest BCUT2D eigenvalue weighted by atomic mass is 35.5. The number of aryl methyl sites for hydroxylation is 2. The molecule has 6 heteroatoms. The van der Waals surface area contributed by atoms with Crippen LogP contribution in [0.15, 0.2) is 36.4 Å². The first-order valence-electron chi connectivity index (χ1n) is 8.37. The van der Waals surface area contributed by atoms with Crippen molar-refractivity contribution in [3.05, 3.63) is 58.1 Å². The average molecular weight is 356 g/mol. The molecule has 0 fully saturated rings. The molecule has 1 atom stereocenters. The van der Waals surface area contributed by atoms with E-state index in [4.69, 9.17) is 11.6 Å². The van der Waals surface area contributed by atoms with Crippen molar-refractivity contribution in [1.29, 1.82) is 0 Å². The second-order valence-corrected chi connectivity index (χ2v) is 6.89. The van der Waals surface area contributed by atoms with E-state index in [0.29, 0.717) is 12.1 Å². The smallest absolute Gasteiger partial charge is 0.319 e. The Morgan fingerprint density at radius 1 is 1.08 bits per heavy atom. The van der Waals surface area contributed by atoms with Crippen molar-refractivity contribution in [1.82, 2.24) is 5.32 Å². The zero-order valence-corrected chi connectivity index (χ0v) is 14.3. The standard InChI is InChI=1S/C19H18ClN3O2/c20-13-4-6-15-12(9-13)2-7-16(15)23-19(25)21-14-5-1-11-3-8-18(24)22-17(11)10-14/h1,4-6,9-10,16H,2-3,7-8H2,(H,22,24)(H2,21,23,25)/t16-/m1/s1. The third-order valence-electron chi connectivity index (χ3n) is 4.75.